The Balaban J connectivity index is 2.13. The van der Waals surface area contributed by atoms with E-state index >= 15 is 0 Å². The normalized spacial score (nSPS) is 10.3. The molecule has 0 heterocycles. The fraction of sp³-hybridized carbons (Fsp3) is 0.0714. The van der Waals surface area contributed by atoms with Gasteiger partial charge in [-0.15, -0.1) is 0 Å². The average Bonchev–Trinajstić information content (AvgIpc) is 2.38. The second-order valence-electron chi connectivity index (χ2n) is 4.08. The lowest BCUT2D eigenvalue weighted by molar-refractivity contribution is 0.285. The highest BCUT2D eigenvalue weighted by molar-refractivity contribution is 6.30. The summed E-state index contributed by atoms with van der Waals surface area (Å²) in [5.41, 5.74) is 5.77. The number of nitrogens with two attached hydrogens (primary N) is 1. The lowest BCUT2D eigenvalue weighted by atomic mass is 10.2. The smallest absolute Gasteiger partial charge is 0.165 e. The van der Waals surface area contributed by atoms with Crippen LogP contribution in [0.5, 0.6) is 5.75 Å². The summed E-state index contributed by atoms with van der Waals surface area (Å²) in [5.74, 6) is -1.45. The van der Waals surface area contributed by atoms with Crippen molar-refractivity contribution in [3.05, 3.63) is 64.2 Å². The van der Waals surface area contributed by atoms with Crippen LogP contribution in [-0.2, 0) is 6.61 Å². The molecule has 0 aromatic heterocycles. The lowest BCUT2D eigenvalue weighted by Gasteiger charge is -2.09. The summed E-state index contributed by atoms with van der Waals surface area (Å²) in [5, 5.41) is 7.48. The van der Waals surface area contributed by atoms with Gasteiger partial charge in [0.05, 0.1) is 0 Å². The molecule has 0 unspecified atom stereocenters. The Labute approximate surface area is 119 Å². The van der Waals surface area contributed by atoms with Crippen LogP contribution in [0.1, 0.15) is 11.1 Å². The van der Waals surface area contributed by atoms with Crippen molar-refractivity contribution >= 4 is 17.4 Å². The van der Waals surface area contributed by atoms with Crippen molar-refractivity contribution in [1.82, 2.24) is 0 Å². The molecule has 2 aromatic carbocycles. The molecule has 0 amide bonds. The van der Waals surface area contributed by atoms with Gasteiger partial charge in [0.2, 0.25) is 0 Å². The summed E-state index contributed by atoms with van der Waals surface area (Å²) in [4.78, 5) is 0. The van der Waals surface area contributed by atoms with E-state index in [4.69, 9.17) is 27.5 Å². The van der Waals surface area contributed by atoms with Gasteiger partial charge >= 0.3 is 0 Å². The lowest BCUT2D eigenvalue weighted by Crippen LogP contribution is -2.11. The Kier molecular flexibility index (Phi) is 4.20. The number of benzene rings is 2. The van der Waals surface area contributed by atoms with Crippen molar-refractivity contribution in [3.8, 4) is 5.75 Å². The number of amidine groups is 1. The van der Waals surface area contributed by atoms with E-state index < -0.39 is 11.6 Å². The van der Waals surface area contributed by atoms with E-state index in [0.717, 1.165) is 12.1 Å². The number of hydrogen-bond donors (Lipinski definition) is 2. The first-order valence-corrected chi connectivity index (χ1v) is 6.06. The van der Waals surface area contributed by atoms with Crippen LogP contribution < -0.4 is 10.5 Å². The molecular formula is C14H11ClF2N2O. The van der Waals surface area contributed by atoms with Gasteiger partial charge in [-0.25, -0.2) is 8.78 Å². The molecule has 0 fully saturated rings. The van der Waals surface area contributed by atoms with Crippen LogP contribution >= 0.6 is 11.6 Å². The van der Waals surface area contributed by atoms with Gasteiger partial charge in [-0.3, -0.25) is 5.41 Å². The number of halogens is 3. The third kappa shape index (κ3) is 3.24. The summed E-state index contributed by atoms with van der Waals surface area (Å²) < 4.78 is 32.4. The molecule has 0 saturated heterocycles. The molecule has 3 N–H and O–H groups in total. The second kappa shape index (κ2) is 5.88. The van der Waals surface area contributed by atoms with Gasteiger partial charge < -0.3 is 10.5 Å². The highest BCUT2D eigenvalue weighted by atomic mass is 35.5. The maximum Gasteiger partial charge on any atom is 0.165 e. The van der Waals surface area contributed by atoms with Gasteiger partial charge in [0, 0.05) is 16.1 Å². The van der Waals surface area contributed by atoms with Crippen LogP contribution in [0.3, 0.4) is 0 Å². The van der Waals surface area contributed by atoms with E-state index in [-0.39, 0.29) is 34.3 Å². The van der Waals surface area contributed by atoms with Crippen molar-refractivity contribution in [1.29, 1.82) is 5.41 Å². The fourth-order valence-corrected chi connectivity index (χ4v) is 1.74. The first-order valence-electron chi connectivity index (χ1n) is 5.68. The van der Waals surface area contributed by atoms with Crippen molar-refractivity contribution < 1.29 is 13.5 Å². The van der Waals surface area contributed by atoms with Crippen LogP contribution in [0.4, 0.5) is 8.78 Å². The van der Waals surface area contributed by atoms with Crippen molar-refractivity contribution in [3.63, 3.8) is 0 Å². The van der Waals surface area contributed by atoms with Gasteiger partial charge in [0.1, 0.15) is 18.3 Å². The summed E-state index contributed by atoms with van der Waals surface area (Å²) >= 11 is 5.63. The standard InChI is InChI=1S/C14H11ClF2N2O/c15-10-3-1-9(11(16)6-10)7-20-13-4-2-8(14(18)19)5-12(13)17/h1-6H,7H2,(H3,18,19). The Bertz CT molecular complexity index is 662. The zero-order chi connectivity index (χ0) is 14.7. The molecule has 2 aromatic rings. The SMILES string of the molecule is N=C(N)c1ccc(OCc2ccc(Cl)cc2F)c(F)c1. The highest BCUT2D eigenvalue weighted by Gasteiger charge is 2.09. The quantitative estimate of drug-likeness (QED) is 0.670. The first kappa shape index (κ1) is 14.3. The third-order valence-electron chi connectivity index (χ3n) is 2.64. The Morgan fingerprint density at radius 1 is 1.15 bits per heavy atom. The minimum atomic E-state index is -0.660. The molecule has 2 rings (SSSR count). The fourth-order valence-electron chi connectivity index (χ4n) is 1.58. The molecule has 104 valence electrons. The number of nitrogen functional groups attached to an aromatic ring is 1. The van der Waals surface area contributed by atoms with E-state index in [9.17, 15) is 8.78 Å². The molecule has 0 aliphatic rings. The number of nitrogens with one attached hydrogen (secondary N) is 1. The van der Waals surface area contributed by atoms with E-state index in [2.05, 4.69) is 0 Å². The molecule has 3 nitrogen and oxygen atoms in total. The molecule has 20 heavy (non-hydrogen) atoms. The molecule has 0 radical (unpaired) electrons. The minimum Gasteiger partial charge on any atom is -0.486 e. The van der Waals surface area contributed by atoms with Gasteiger partial charge in [-0.2, -0.15) is 0 Å². The summed E-state index contributed by atoms with van der Waals surface area (Å²) in [6, 6.07) is 8.06. The highest BCUT2D eigenvalue weighted by Crippen LogP contribution is 2.21. The Morgan fingerprint density at radius 2 is 1.90 bits per heavy atom. The van der Waals surface area contributed by atoms with Crippen LogP contribution in [-0.4, -0.2) is 5.84 Å². The van der Waals surface area contributed by atoms with E-state index in [1.54, 1.807) is 0 Å². The summed E-state index contributed by atoms with van der Waals surface area (Å²) in [6.45, 7) is -0.126. The maximum absolute atomic E-state index is 13.7. The number of hydrogen-bond acceptors (Lipinski definition) is 2. The molecule has 0 aliphatic carbocycles. The van der Waals surface area contributed by atoms with Gasteiger partial charge in [-0.1, -0.05) is 17.7 Å². The Morgan fingerprint density at radius 3 is 2.50 bits per heavy atom. The van der Waals surface area contributed by atoms with E-state index in [1.807, 2.05) is 0 Å². The average molecular weight is 297 g/mol. The molecule has 0 spiro atoms. The zero-order valence-electron chi connectivity index (χ0n) is 10.3. The molecule has 6 heteroatoms. The first-order chi connectivity index (χ1) is 9.47. The molecule has 0 aliphatic heterocycles. The van der Waals surface area contributed by atoms with Gasteiger partial charge in [-0.05, 0) is 30.3 Å². The van der Waals surface area contributed by atoms with Crippen LogP contribution in [0.15, 0.2) is 36.4 Å². The van der Waals surface area contributed by atoms with Gasteiger partial charge in [0.15, 0.2) is 11.6 Å². The van der Waals surface area contributed by atoms with Crippen LogP contribution in [0.2, 0.25) is 5.02 Å². The van der Waals surface area contributed by atoms with Crippen LogP contribution in [0, 0.1) is 17.0 Å². The largest absolute Gasteiger partial charge is 0.486 e. The molecule has 0 saturated carbocycles. The Hall–Kier alpha value is -2.14. The van der Waals surface area contributed by atoms with E-state index in [0.29, 0.717) is 0 Å². The van der Waals surface area contributed by atoms with Gasteiger partial charge in [0.25, 0.3) is 0 Å². The third-order valence-corrected chi connectivity index (χ3v) is 2.88. The summed E-state index contributed by atoms with van der Waals surface area (Å²) in [7, 11) is 0. The number of ether oxygens (including phenoxy) is 1. The minimum absolute atomic E-state index is 0.0376. The van der Waals surface area contributed by atoms with Crippen molar-refractivity contribution in [2.24, 2.45) is 5.73 Å². The number of rotatable bonds is 4. The van der Waals surface area contributed by atoms with Crippen LogP contribution in [0.25, 0.3) is 0 Å². The maximum atomic E-state index is 13.7. The van der Waals surface area contributed by atoms with Crippen molar-refractivity contribution in [2.45, 2.75) is 6.61 Å². The molecule has 0 atom stereocenters. The predicted molar refractivity (Wildman–Crippen MR) is 73.2 cm³/mol. The monoisotopic (exact) mass is 296 g/mol. The molecular weight excluding hydrogens is 286 g/mol. The summed E-state index contributed by atoms with van der Waals surface area (Å²) in [6.07, 6.45) is 0. The molecule has 0 bridgehead atoms. The predicted octanol–water partition coefficient (Wildman–Crippen LogP) is 3.48. The van der Waals surface area contributed by atoms with Crippen molar-refractivity contribution in [2.75, 3.05) is 0 Å². The second-order valence-corrected chi connectivity index (χ2v) is 4.52. The zero-order valence-corrected chi connectivity index (χ0v) is 11.0. The topological polar surface area (TPSA) is 59.1 Å². The van der Waals surface area contributed by atoms with E-state index in [1.165, 1.54) is 24.3 Å².